The lowest BCUT2D eigenvalue weighted by Crippen LogP contribution is -2.00. The molecule has 0 radical (unpaired) electrons. The van der Waals surface area contributed by atoms with Crippen LogP contribution in [0.3, 0.4) is 0 Å². The zero-order valence-electron chi connectivity index (χ0n) is 9.03. The number of rotatable bonds is 2. The lowest BCUT2D eigenvalue weighted by atomic mass is 10.3. The molecule has 4 heteroatoms. The average Bonchev–Trinajstić information content (AvgIpc) is 2.84. The third-order valence-electron chi connectivity index (χ3n) is 3.43. The number of hydrogen-bond acceptors (Lipinski definition) is 1. The van der Waals surface area contributed by atoms with E-state index in [-0.39, 0.29) is 0 Å². The molecule has 1 heterocycles. The summed E-state index contributed by atoms with van der Waals surface area (Å²) >= 11 is 8.88. The number of hydrogen-bond donors (Lipinski definition) is 1. The normalized spacial score (nSPS) is 23.9. The van der Waals surface area contributed by atoms with E-state index >= 15 is 0 Å². The van der Waals surface area contributed by atoms with Crippen molar-refractivity contribution < 1.29 is 0 Å². The van der Waals surface area contributed by atoms with E-state index in [0.717, 1.165) is 33.1 Å². The van der Waals surface area contributed by atoms with E-state index in [2.05, 4.69) is 44.5 Å². The predicted molar refractivity (Wildman–Crippen MR) is 72.1 cm³/mol. The second-order valence-corrected chi connectivity index (χ2v) is 5.98. The molecular formula is C12H13BrN2S. The molecule has 3 rings (SSSR count). The van der Waals surface area contributed by atoms with Crippen molar-refractivity contribution in [2.24, 2.45) is 11.8 Å². The fourth-order valence-electron chi connectivity index (χ4n) is 2.20. The van der Waals surface area contributed by atoms with Gasteiger partial charge in [-0.25, -0.2) is 0 Å². The maximum absolute atomic E-state index is 5.37. The van der Waals surface area contributed by atoms with Gasteiger partial charge in [-0.05, 0) is 48.7 Å². The number of halogens is 1. The van der Waals surface area contributed by atoms with Gasteiger partial charge in [-0.2, -0.15) is 0 Å². The number of aromatic amines is 1. The Labute approximate surface area is 108 Å². The Kier molecular flexibility index (Phi) is 2.44. The first-order chi connectivity index (χ1) is 7.65. The van der Waals surface area contributed by atoms with Gasteiger partial charge in [-0.3, -0.25) is 0 Å². The van der Waals surface area contributed by atoms with Crippen LogP contribution in [0.4, 0.5) is 0 Å². The van der Waals surface area contributed by atoms with Gasteiger partial charge in [0.05, 0.1) is 11.0 Å². The molecule has 2 nitrogen and oxygen atoms in total. The molecule has 0 bridgehead atoms. The minimum Gasteiger partial charge on any atom is -0.331 e. The van der Waals surface area contributed by atoms with Crippen LogP contribution in [0.2, 0.25) is 0 Å². The van der Waals surface area contributed by atoms with E-state index in [4.69, 9.17) is 12.2 Å². The van der Waals surface area contributed by atoms with Crippen LogP contribution < -0.4 is 0 Å². The molecule has 84 valence electrons. The van der Waals surface area contributed by atoms with Crippen molar-refractivity contribution in [2.45, 2.75) is 19.9 Å². The Hall–Kier alpha value is -0.610. The van der Waals surface area contributed by atoms with Crippen LogP contribution in [0.5, 0.6) is 0 Å². The maximum Gasteiger partial charge on any atom is 0.178 e. The fourth-order valence-corrected chi connectivity index (χ4v) is 2.83. The number of imidazole rings is 1. The molecule has 0 amide bonds. The molecule has 2 unspecified atom stereocenters. The van der Waals surface area contributed by atoms with Crippen LogP contribution in [-0.2, 0) is 6.54 Å². The van der Waals surface area contributed by atoms with Gasteiger partial charge in [0.15, 0.2) is 4.77 Å². The highest BCUT2D eigenvalue weighted by atomic mass is 79.9. The summed E-state index contributed by atoms with van der Waals surface area (Å²) in [5.41, 5.74) is 2.33. The van der Waals surface area contributed by atoms with E-state index in [1.807, 2.05) is 6.07 Å². The first-order valence-corrected chi connectivity index (χ1v) is 6.73. The molecule has 1 aliphatic rings. The molecule has 0 aliphatic heterocycles. The summed E-state index contributed by atoms with van der Waals surface area (Å²) < 4.78 is 4.17. The third kappa shape index (κ3) is 1.74. The third-order valence-corrected chi connectivity index (χ3v) is 4.25. The number of fused-ring (bicyclic) bond motifs is 1. The summed E-state index contributed by atoms with van der Waals surface area (Å²) in [4.78, 5) is 3.26. The van der Waals surface area contributed by atoms with Gasteiger partial charge >= 0.3 is 0 Å². The standard InChI is InChI=1S/C12H13BrN2S/c1-7-4-8(7)6-15-11-5-9(13)2-3-10(11)14-12(15)16/h2-3,5,7-8H,4,6H2,1H3,(H,14,16). The summed E-state index contributed by atoms with van der Waals surface area (Å²) in [6.45, 7) is 3.36. The van der Waals surface area contributed by atoms with Gasteiger partial charge in [0, 0.05) is 11.0 Å². The van der Waals surface area contributed by atoms with E-state index in [9.17, 15) is 0 Å². The number of nitrogens with zero attached hydrogens (tertiary/aromatic N) is 1. The van der Waals surface area contributed by atoms with Crippen molar-refractivity contribution >= 4 is 39.2 Å². The summed E-state index contributed by atoms with van der Waals surface area (Å²) in [6, 6.07) is 6.24. The smallest absolute Gasteiger partial charge is 0.178 e. The predicted octanol–water partition coefficient (Wildman–Crippen LogP) is 4.12. The molecule has 0 saturated heterocycles. The molecular weight excluding hydrogens is 284 g/mol. The number of H-pyrrole nitrogens is 1. The molecule has 1 fully saturated rings. The lowest BCUT2D eigenvalue weighted by Gasteiger charge is -2.03. The SMILES string of the molecule is CC1CC1Cn1c(=S)[nH]c2ccc(Br)cc21. The zero-order valence-corrected chi connectivity index (χ0v) is 11.4. The number of nitrogens with one attached hydrogen (secondary N) is 1. The summed E-state index contributed by atoms with van der Waals surface area (Å²) in [5.74, 6) is 1.67. The maximum atomic E-state index is 5.37. The minimum absolute atomic E-state index is 0.810. The fraction of sp³-hybridized carbons (Fsp3) is 0.417. The average molecular weight is 297 g/mol. The largest absolute Gasteiger partial charge is 0.331 e. The Balaban J connectivity index is 2.10. The molecule has 2 atom stereocenters. The summed E-state index contributed by atoms with van der Waals surface area (Å²) in [5, 5.41) is 0. The van der Waals surface area contributed by atoms with Crippen LogP contribution in [0.1, 0.15) is 13.3 Å². The zero-order chi connectivity index (χ0) is 11.3. The van der Waals surface area contributed by atoms with Crippen molar-refractivity contribution in [2.75, 3.05) is 0 Å². The monoisotopic (exact) mass is 296 g/mol. The highest BCUT2D eigenvalue weighted by Crippen LogP contribution is 2.39. The molecule has 16 heavy (non-hydrogen) atoms. The Morgan fingerprint density at radius 1 is 1.56 bits per heavy atom. The van der Waals surface area contributed by atoms with E-state index in [0.29, 0.717) is 0 Å². The molecule has 2 aromatic rings. The summed E-state index contributed by atoms with van der Waals surface area (Å²) in [6.07, 6.45) is 1.34. The van der Waals surface area contributed by atoms with Crippen LogP contribution in [0.25, 0.3) is 11.0 Å². The Morgan fingerprint density at radius 3 is 3.00 bits per heavy atom. The Bertz CT molecular complexity index is 599. The molecule has 1 aliphatic carbocycles. The second kappa shape index (κ2) is 3.70. The lowest BCUT2D eigenvalue weighted by molar-refractivity contribution is 0.600. The topological polar surface area (TPSA) is 20.7 Å². The van der Waals surface area contributed by atoms with E-state index < -0.39 is 0 Å². The minimum atomic E-state index is 0.810. The first-order valence-electron chi connectivity index (χ1n) is 5.53. The van der Waals surface area contributed by atoms with E-state index in [1.54, 1.807) is 0 Å². The summed E-state index contributed by atoms with van der Waals surface area (Å²) in [7, 11) is 0. The molecule has 1 N–H and O–H groups in total. The van der Waals surface area contributed by atoms with Gasteiger partial charge in [0.1, 0.15) is 0 Å². The van der Waals surface area contributed by atoms with Crippen molar-refractivity contribution in [3.63, 3.8) is 0 Å². The Morgan fingerprint density at radius 2 is 2.31 bits per heavy atom. The molecule has 1 aromatic heterocycles. The van der Waals surface area contributed by atoms with Gasteiger partial charge in [0.25, 0.3) is 0 Å². The first kappa shape index (κ1) is 10.5. The van der Waals surface area contributed by atoms with Crippen molar-refractivity contribution in [1.82, 2.24) is 9.55 Å². The van der Waals surface area contributed by atoms with Crippen molar-refractivity contribution in [3.8, 4) is 0 Å². The highest BCUT2D eigenvalue weighted by molar-refractivity contribution is 9.10. The van der Waals surface area contributed by atoms with Crippen molar-refractivity contribution in [3.05, 3.63) is 27.4 Å². The molecule has 0 spiro atoms. The van der Waals surface area contributed by atoms with Crippen LogP contribution in [-0.4, -0.2) is 9.55 Å². The number of benzene rings is 1. The van der Waals surface area contributed by atoms with Gasteiger partial charge in [-0.15, -0.1) is 0 Å². The van der Waals surface area contributed by atoms with Gasteiger partial charge in [-0.1, -0.05) is 22.9 Å². The van der Waals surface area contributed by atoms with Crippen LogP contribution >= 0.6 is 28.1 Å². The van der Waals surface area contributed by atoms with Gasteiger partial charge in [0.2, 0.25) is 0 Å². The number of aromatic nitrogens is 2. The quantitative estimate of drug-likeness (QED) is 0.827. The second-order valence-electron chi connectivity index (χ2n) is 4.68. The van der Waals surface area contributed by atoms with Crippen LogP contribution in [0.15, 0.2) is 22.7 Å². The molecule has 1 aromatic carbocycles. The van der Waals surface area contributed by atoms with Crippen LogP contribution in [0, 0.1) is 16.6 Å². The van der Waals surface area contributed by atoms with Gasteiger partial charge < -0.3 is 9.55 Å². The van der Waals surface area contributed by atoms with E-state index in [1.165, 1.54) is 11.9 Å². The highest BCUT2D eigenvalue weighted by Gasteiger charge is 2.33. The molecule has 1 saturated carbocycles. The van der Waals surface area contributed by atoms with Crippen molar-refractivity contribution in [1.29, 1.82) is 0 Å².